The molecule has 0 saturated heterocycles. The van der Waals surface area contributed by atoms with E-state index in [9.17, 15) is 4.79 Å². The first-order valence-electron chi connectivity index (χ1n) is 13.9. The number of halogens is 1. The lowest BCUT2D eigenvalue weighted by atomic mass is 10.1. The van der Waals surface area contributed by atoms with Gasteiger partial charge in [-0.25, -0.2) is 9.07 Å². The Morgan fingerprint density at radius 1 is 1.00 bits per heavy atom. The average Bonchev–Trinajstić information content (AvgIpc) is 3.72. The van der Waals surface area contributed by atoms with Crippen molar-refractivity contribution >= 4 is 22.4 Å². The van der Waals surface area contributed by atoms with Crippen LogP contribution in [-0.4, -0.2) is 37.6 Å². The third kappa shape index (κ3) is 5.96. The first-order valence-corrected chi connectivity index (χ1v) is 14.7. The molecule has 0 spiro atoms. The molecule has 3 heterocycles. The first-order chi connectivity index (χ1) is 21.0. The summed E-state index contributed by atoms with van der Waals surface area (Å²) in [6.45, 7) is 6.57. The maximum atomic E-state index is 15.0. The summed E-state index contributed by atoms with van der Waals surface area (Å²) >= 11 is 1.23. The van der Waals surface area contributed by atoms with Gasteiger partial charge in [0.15, 0.2) is 17.4 Å². The van der Waals surface area contributed by atoms with Gasteiger partial charge in [0.1, 0.15) is 18.1 Å². The number of unbranched alkanes of at least 4 members (excludes halogenated alkanes) is 1. The highest BCUT2D eigenvalue weighted by molar-refractivity contribution is 7.15. The van der Waals surface area contributed by atoms with Crippen molar-refractivity contribution in [1.82, 2.24) is 24.4 Å². The second-order valence-corrected chi connectivity index (χ2v) is 10.7. The molecule has 0 amide bonds. The summed E-state index contributed by atoms with van der Waals surface area (Å²) in [5, 5.41) is 9.23. The number of aromatic nitrogens is 5. The third-order valence-electron chi connectivity index (χ3n) is 6.67. The summed E-state index contributed by atoms with van der Waals surface area (Å²) in [6.07, 6.45) is 7.06. The van der Waals surface area contributed by atoms with Crippen molar-refractivity contribution in [3.63, 3.8) is 0 Å². The van der Waals surface area contributed by atoms with E-state index in [1.54, 1.807) is 29.0 Å². The smallest absolute Gasteiger partial charge is 0.291 e. The van der Waals surface area contributed by atoms with Gasteiger partial charge in [-0.3, -0.25) is 4.79 Å². The van der Waals surface area contributed by atoms with Crippen molar-refractivity contribution in [1.29, 1.82) is 0 Å². The fourth-order valence-electron chi connectivity index (χ4n) is 4.47. The van der Waals surface area contributed by atoms with Crippen LogP contribution in [0, 0.1) is 5.82 Å². The van der Waals surface area contributed by atoms with Crippen LogP contribution < -0.4 is 19.6 Å². The fraction of sp³-hybridized carbons (Fsp3) is 0.152. The molecule has 8 nitrogen and oxygen atoms in total. The van der Waals surface area contributed by atoms with Crippen LogP contribution in [-0.2, 0) is 0 Å². The lowest BCUT2D eigenvalue weighted by molar-refractivity contribution is 0.294. The number of rotatable bonds is 11. The van der Waals surface area contributed by atoms with Gasteiger partial charge in [-0.1, -0.05) is 55.5 Å². The summed E-state index contributed by atoms with van der Waals surface area (Å²) in [6, 6.07) is 21.7. The van der Waals surface area contributed by atoms with Gasteiger partial charge in [0.25, 0.3) is 5.56 Å². The molecule has 0 aliphatic rings. The quantitative estimate of drug-likeness (QED) is 0.133. The summed E-state index contributed by atoms with van der Waals surface area (Å²) in [5.74, 6) is 0.883. The van der Waals surface area contributed by atoms with Crippen LogP contribution in [0.5, 0.6) is 11.5 Å². The molecule has 6 rings (SSSR count). The Hall–Kier alpha value is -5.09. The molecule has 3 aromatic carbocycles. The Balaban J connectivity index is 1.38. The van der Waals surface area contributed by atoms with Crippen molar-refractivity contribution in [2.45, 2.75) is 19.8 Å². The minimum Gasteiger partial charge on any atom is -0.491 e. The van der Waals surface area contributed by atoms with Gasteiger partial charge in [0, 0.05) is 22.9 Å². The molecule has 43 heavy (non-hydrogen) atoms. The zero-order valence-electron chi connectivity index (χ0n) is 23.4. The summed E-state index contributed by atoms with van der Waals surface area (Å²) in [5.41, 5.74) is 3.05. The molecule has 0 aliphatic carbocycles. The number of hydrogen-bond donors (Lipinski definition) is 0. The number of para-hydroxylation sites is 1. The van der Waals surface area contributed by atoms with E-state index >= 15 is 4.39 Å². The van der Waals surface area contributed by atoms with Crippen LogP contribution in [0.1, 0.15) is 25.3 Å². The third-order valence-corrected chi connectivity index (χ3v) is 7.63. The first kappa shape index (κ1) is 28.0. The molecule has 10 heteroatoms. The van der Waals surface area contributed by atoms with Gasteiger partial charge in [-0.15, -0.1) is 5.10 Å². The topological polar surface area (TPSA) is 83.5 Å². The van der Waals surface area contributed by atoms with E-state index in [2.05, 4.69) is 23.6 Å². The van der Waals surface area contributed by atoms with Crippen LogP contribution >= 0.6 is 11.3 Å². The largest absolute Gasteiger partial charge is 0.491 e. The molecule has 0 bridgehead atoms. The minimum absolute atomic E-state index is 0.201. The van der Waals surface area contributed by atoms with Gasteiger partial charge in [0.2, 0.25) is 4.96 Å². The van der Waals surface area contributed by atoms with E-state index < -0.39 is 5.82 Å². The standard InChI is InChI=1S/C33H28FN5O3S/c1-3-5-18-42-28-16-13-23(19-27(28)34)30-24(21-38(36-30)25-9-7-6-8-10-25)20-29-32(40)39-33(43-29)35-31(37-39)22-11-14-26(15-12-22)41-17-4-2/h4,6-16,19-21H,2-3,5,17-18H2,1H3. The van der Waals surface area contributed by atoms with Gasteiger partial charge >= 0.3 is 0 Å². The second-order valence-electron chi connectivity index (χ2n) is 9.73. The number of hydrogen-bond acceptors (Lipinski definition) is 7. The predicted octanol–water partition coefficient (Wildman–Crippen LogP) is 6.10. The Kier molecular flexibility index (Phi) is 8.10. The Bertz CT molecular complexity index is 2000. The van der Waals surface area contributed by atoms with E-state index in [1.165, 1.54) is 21.9 Å². The lowest BCUT2D eigenvalue weighted by Gasteiger charge is -2.08. The Morgan fingerprint density at radius 3 is 2.51 bits per heavy atom. The predicted molar refractivity (Wildman–Crippen MR) is 166 cm³/mol. The van der Waals surface area contributed by atoms with Crippen LogP contribution in [0.3, 0.4) is 0 Å². The molecule has 6 aromatic rings. The minimum atomic E-state index is -0.468. The number of thiazole rings is 1. The normalized spacial score (nSPS) is 11.7. The SMILES string of the molecule is C=CCOc1ccc(-c2nc3sc(=Cc4cn(-c5ccccc5)nc4-c4ccc(OCCCC)c(F)c4)c(=O)n3n2)cc1. The van der Waals surface area contributed by atoms with Gasteiger partial charge in [0.05, 0.1) is 16.8 Å². The van der Waals surface area contributed by atoms with Crippen LogP contribution in [0.4, 0.5) is 4.39 Å². The summed E-state index contributed by atoms with van der Waals surface area (Å²) < 4.78 is 29.6. The fourth-order valence-corrected chi connectivity index (χ4v) is 5.37. The molecule has 3 aromatic heterocycles. The van der Waals surface area contributed by atoms with Crippen molar-refractivity contribution in [3.05, 3.63) is 118 Å². The maximum absolute atomic E-state index is 15.0. The average molecular weight is 594 g/mol. The number of fused-ring (bicyclic) bond motifs is 1. The summed E-state index contributed by atoms with van der Waals surface area (Å²) in [7, 11) is 0. The molecular weight excluding hydrogens is 565 g/mol. The van der Waals surface area contributed by atoms with Crippen LogP contribution in [0.25, 0.3) is 39.4 Å². The van der Waals surface area contributed by atoms with Crippen LogP contribution in [0.15, 0.2) is 96.4 Å². The van der Waals surface area contributed by atoms with E-state index in [0.29, 0.717) is 51.1 Å². The zero-order chi connectivity index (χ0) is 29.8. The number of ether oxygens (including phenoxy) is 2. The van der Waals surface area contributed by atoms with Crippen molar-refractivity contribution < 1.29 is 13.9 Å². The molecule has 216 valence electrons. The van der Waals surface area contributed by atoms with Crippen molar-refractivity contribution in [3.8, 4) is 39.8 Å². The molecule has 0 atom stereocenters. The monoisotopic (exact) mass is 593 g/mol. The van der Waals surface area contributed by atoms with Gasteiger partial charge < -0.3 is 9.47 Å². The second kappa shape index (κ2) is 12.4. The Labute approximate surface area is 251 Å². The van der Waals surface area contributed by atoms with Crippen LogP contribution in [0.2, 0.25) is 0 Å². The van der Waals surface area contributed by atoms with Crippen molar-refractivity contribution in [2.75, 3.05) is 13.2 Å². The molecule has 0 fully saturated rings. The van der Waals surface area contributed by atoms with Crippen molar-refractivity contribution in [2.24, 2.45) is 0 Å². The molecule has 0 unspecified atom stereocenters. The van der Waals surface area contributed by atoms with E-state index in [4.69, 9.17) is 14.6 Å². The molecular formula is C33H28FN5O3S. The number of nitrogens with zero attached hydrogens (tertiary/aromatic N) is 5. The highest BCUT2D eigenvalue weighted by Gasteiger charge is 2.16. The number of benzene rings is 3. The zero-order valence-corrected chi connectivity index (χ0v) is 24.3. The molecule has 0 N–H and O–H groups in total. The van der Waals surface area contributed by atoms with Gasteiger partial charge in [-0.05, 0) is 67.1 Å². The molecule has 0 aliphatic heterocycles. The maximum Gasteiger partial charge on any atom is 0.291 e. The molecule has 0 saturated carbocycles. The lowest BCUT2D eigenvalue weighted by Crippen LogP contribution is -2.23. The Morgan fingerprint density at radius 2 is 1.79 bits per heavy atom. The van der Waals surface area contributed by atoms with E-state index in [1.807, 2.05) is 60.8 Å². The molecule has 0 radical (unpaired) electrons. The highest BCUT2D eigenvalue weighted by Crippen LogP contribution is 2.29. The van der Waals surface area contributed by atoms with E-state index in [-0.39, 0.29) is 11.3 Å². The highest BCUT2D eigenvalue weighted by atomic mass is 32.1. The van der Waals surface area contributed by atoms with E-state index in [0.717, 1.165) is 24.1 Å². The van der Waals surface area contributed by atoms with Gasteiger partial charge in [-0.2, -0.15) is 14.6 Å². The summed E-state index contributed by atoms with van der Waals surface area (Å²) in [4.78, 5) is 18.5.